The van der Waals surface area contributed by atoms with Crippen LogP contribution in [-0.2, 0) is 16.0 Å². The fourth-order valence-corrected chi connectivity index (χ4v) is 3.83. The third kappa shape index (κ3) is 6.58. The number of hydrogen-bond acceptors (Lipinski definition) is 3. The predicted molar refractivity (Wildman–Crippen MR) is 139 cm³/mol. The smallest absolute Gasteiger partial charge is 0.330 e. The number of carbonyl (C=O) groups excluding carboxylic acids is 1. The molecular weight excluding hydrogens is 406 g/mol. The van der Waals surface area contributed by atoms with Gasteiger partial charge in [0.2, 0.25) is 0 Å². The number of ether oxygens (including phenoxy) is 1. The standard InChI is InChI=1S/C30H35NO2/c1-6-30(32)33-19-9-7-8-10-26-13-17-27(18-14-26)31(28-15-11-22(2)24(4)20-28)29-16-12-23(3)25(5)21-29/h6,11-18,20-21H,1,7-10,19H2,2-5H3. The highest BCUT2D eigenvalue weighted by atomic mass is 16.5. The third-order valence-corrected chi connectivity index (χ3v) is 6.21. The second-order valence-electron chi connectivity index (χ2n) is 8.72. The van der Waals surface area contributed by atoms with E-state index in [0.29, 0.717) is 6.61 Å². The Morgan fingerprint density at radius 1 is 0.758 bits per heavy atom. The molecule has 3 aromatic rings. The molecule has 3 aromatic carbocycles. The summed E-state index contributed by atoms with van der Waals surface area (Å²) in [5.41, 5.74) is 9.99. The zero-order chi connectivity index (χ0) is 23.8. The van der Waals surface area contributed by atoms with Crippen molar-refractivity contribution >= 4 is 23.0 Å². The average Bonchev–Trinajstić information content (AvgIpc) is 2.81. The van der Waals surface area contributed by atoms with Gasteiger partial charge in [0.1, 0.15) is 0 Å². The van der Waals surface area contributed by atoms with Gasteiger partial charge in [-0.2, -0.15) is 0 Å². The van der Waals surface area contributed by atoms with Gasteiger partial charge in [-0.1, -0.05) is 30.8 Å². The van der Waals surface area contributed by atoms with Crippen LogP contribution >= 0.6 is 0 Å². The van der Waals surface area contributed by atoms with Crippen molar-refractivity contribution in [3.05, 3.63) is 101 Å². The van der Waals surface area contributed by atoms with E-state index in [1.165, 1.54) is 45.3 Å². The summed E-state index contributed by atoms with van der Waals surface area (Å²) in [7, 11) is 0. The fraction of sp³-hybridized carbons (Fsp3) is 0.300. The molecule has 0 aliphatic carbocycles. The molecule has 0 amide bonds. The lowest BCUT2D eigenvalue weighted by Gasteiger charge is -2.27. The van der Waals surface area contributed by atoms with Gasteiger partial charge in [0.15, 0.2) is 0 Å². The van der Waals surface area contributed by atoms with Crippen molar-refractivity contribution in [1.82, 2.24) is 0 Å². The molecular formula is C30H35NO2. The van der Waals surface area contributed by atoms with Crippen molar-refractivity contribution in [2.24, 2.45) is 0 Å². The van der Waals surface area contributed by atoms with Crippen LogP contribution in [-0.4, -0.2) is 12.6 Å². The van der Waals surface area contributed by atoms with E-state index in [1.54, 1.807) is 0 Å². The first-order chi connectivity index (χ1) is 15.9. The van der Waals surface area contributed by atoms with E-state index in [-0.39, 0.29) is 5.97 Å². The topological polar surface area (TPSA) is 29.5 Å². The molecule has 3 rings (SSSR count). The van der Waals surface area contributed by atoms with Gasteiger partial charge in [-0.25, -0.2) is 4.79 Å². The maximum absolute atomic E-state index is 11.1. The molecule has 0 aliphatic rings. The van der Waals surface area contributed by atoms with Crippen molar-refractivity contribution in [2.45, 2.75) is 53.4 Å². The molecule has 3 heteroatoms. The van der Waals surface area contributed by atoms with Crippen molar-refractivity contribution in [3.8, 4) is 0 Å². The molecule has 0 aromatic heterocycles. The summed E-state index contributed by atoms with van der Waals surface area (Å²) in [4.78, 5) is 13.4. The first kappa shape index (κ1) is 24.3. The van der Waals surface area contributed by atoms with E-state index >= 15 is 0 Å². The molecule has 0 N–H and O–H groups in total. The summed E-state index contributed by atoms with van der Waals surface area (Å²) in [6, 6.07) is 22.2. The third-order valence-electron chi connectivity index (χ3n) is 6.21. The lowest BCUT2D eigenvalue weighted by molar-refractivity contribution is -0.137. The van der Waals surface area contributed by atoms with E-state index in [4.69, 9.17) is 4.74 Å². The zero-order valence-corrected chi connectivity index (χ0v) is 20.4. The van der Waals surface area contributed by atoms with Crippen molar-refractivity contribution in [3.63, 3.8) is 0 Å². The Bertz CT molecular complexity index is 1050. The molecule has 0 atom stereocenters. The summed E-state index contributed by atoms with van der Waals surface area (Å²) in [5, 5.41) is 0. The maximum atomic E-state index is 11.1. The van der Waals surface area contributed by atoms with Crippen LogP contribution in [0.15, 0.2) is 73.3 Å². The SMILES string of the molecule is C=CC(=O)OCCCCCc1ccc(N(c2ccc(C)c(C)c2)c2ccc(C)c(C)c2)cc1. The Kier molecular flexibility index (Phi) is 8.48. The van der Waals surface area contributed by atoms with E-state index in [0.717, 1.165) is 31.4 Å². The highest BCUT2D eigenvalue weighted by molar-refractivity contribution is 5.81. The summed E-state index contributed by atoms with van der Waals surface area (Å²) >= 11 is 0. The summed E-state index contributed by atoms with van der Waals surface area (Å²) in [5.74, 6) is -0.345. The summed E-state index contributed by atoms with van der Waals surface area (Å²) < 4.78 is 5.04. The van der Waals surface area contributed by atoms with Gasteiger partial charge in [0.25, 0.3) is 0 Å². The minimum absolute atomic E-state index is 0.345. The molecule has 0 radical (unpaired) electrons. The second-order valence-corrected chi connectivity index (χ2v) is 8.72. The van der Waals surface area contributed by atoms with E-state index in [1.807, 2.05) is 0 Å². The Morgan fingerprint density at radius 3 is 1.82 bits per heavy atom. The van der Waals surface area contributed by atoms with Gasteiger partial charge >= 0.3 is 5.97 Å². The van der Waals surface area contributed by atoms with Crippen molar-refractivity contribution in [2.75, 3.05) is 11.5 Å². The van der Waals surface area contributed by atoms with Crippen LogP contribution in [0.4, 0.5) is 17.1 Å². The summed E-state index contributed by atoms with van der Waals surface area (Å²) in [6.07, 6.45) is 5.21. The van der Waals surface area contributed by atoms with Crippen LogP contribution in [0.5, 0.6) is 0 Å². The van der Waals surface area contributed by atoms with Gasteiger partial charge in [-0.15, -0.1) is 0 Å². The minimum Gasteiger partial charge on any atom is -0.463 e. The number of rotatable bonds is 10. The number of anilines is 3. The highest BCUT2D eigenvalue weighted by Crippen LogP contribution is 2.36. The molecule has 33 heavy (non-hydrogen) atoms. The monoisotopic (exact) mass is 441 g/mol. The summed E-state index contributed by atoms with van der Waals surface area (Å²) in [6.45, 7) is 12.5. The Balaban J connectivity index is 1.74. The van der Waals surface area contributed by atoms with Crippen LogP contribution in [0, 0.1) is 27.7 Å². The number of hydrogen-bond donors (Lipinski definition) is 0. The molecule has 0 bridgehead atoms. The average molecular weight is 442 g/mol. The molecule has 0 unspecified atom stereocenters. The number of benzene rings is 3. The van der Waals surface area contributed by atoms with E-state index in [2.05, 4.69) is 99.8 Å². The van der Waals surface area contributed by atoms with Crippen LogP contribution in [0.3, 0.4) is 0 Å². The lowest BCUT2D eigenvalue weighted by atomic mass is 10.0. The van der Waals surface area contributed by atoms with Crippen LogP contribution in [0.25, 0.3) is 0 Å². The number of unbranched alkanes of at least 4 members (excludes halogenated alkanes) is 2. The number of aryl methyl sites for hydroxylation is 5. The van der Waals surface area contributed by atoms with Crippen LogP contribution < -0.4 is 4.90 Å². The molecule has 3 nitrogen and oxygen atoms in total. The van der Waals surface area contributed by atoms with Gasteiger partial charge in [0, 0.05) is 23.1 Å². The second kappa shape index (κ2) is 11.5. The fourth-order valence-electron chi connectivity index (χ4n) is 3.83. The first-order valence-corrected chi connectivity index (χ1v) is 11.7. The highest BCUT2D eigenvalue weighted by Gasteiger charge is 2.14. The van der Waals surface area contributed by atoms with Gasteiger partial charge in [-0.05, 0) is 118 Å². The molecule has 0 saturated carbocycles. The Hall–Kier alpha value is -3.33. The molecule has 172 valence electrons. The molecule has 0 saturated heterocycles. The van der Waals surface area contributed by atoms with Crippen molar-refractivity contribution in [1.29, 1.82) is 0 Å². The molecule has 0 aliphatic heterocycles. The lowest BCUT2D eigenvalue weighted by Crippen LogP contribution is -2.11. The molecule has 0 fully saturated rings. The number of esters is 1. The number of nitrogens with zero attached hydrogens (tertiary/aromatic N) is 1. The largest absolute Gasteiger partial charge is 0.463 e. The first-order valence-electron chi connectivity index (χ1n) is 11.7. The maximum Gasteiger partial charge on any atom is 0.330 e. The van der Waals surface area contributed by atoms with E-state index < -0.39 is 0 Å². The van der Waals surface area contributed by atoms with E-state index in [9.17, 15) is 4.79 Å². The molecule has 0 heterocycles. The Morgan fingerprint density at radius 2 is 1.30 bits per heavy atom. The predicted octanol–water partition coefficient (Wildman–Crippen LogP) is 7.83. The Labute approximate surface area is 198 Å². The minimum atomic E-state index is -0.345. The van der Waals surface area contributed by atoms with Crippen LogP contribution in [0.2, 0.25) is 0 Å². The van der Waals surface area contributed by atoms with Gasteiger partial charge < -0.3 is 9.64 Å². The van der Waals surface area contributed by atoms with Crippen molar-refractivity contribution < 1.29 is 9.53 Å². The van der Waals surface area contributed by atoms with Crippen LogP contribution in [0.1, 0.15) is 47.1 Å². The number of carbonyl (C=O) groups is 1. The quantitative estimate of drug-likeness (QED) is 0.182. The van der Waals surface area contributed by atoms with Gasteiger partial charge in [-0.3, -0.25) is 0 Å². The van der Waals surface area contributed by atoms with Gasteiger partial charge in [0.05, 0.1) is 6.61 Å². The molecule has 0 spiro atoms. The normalized spacial score (nSPS) is 10.7. The zero-order valence-electron chi connectivity index (χ0n) is 20.4.